The molecule has 0 aliphatic carbocycles. The smallest absolute Gasteiger partial charge is 0.338 e. The molecule has 1 heterocycles. The summed E-state index contributed by atoms with van der Waals surface area (Å²) in [6, 6.07) is 25.0. The van der Waals surface area contributed by atoms with E-state index >= 15 is 0 Å². The van der Waals surface area contributed by atoms with Crippen LogP contribution in [0.2, 0.25) is 0 Å². The third kappa shape index (κ3) is 6.18. The minimum atomic E-state index is -0.762. The molecule has 3 aromatic rings. The number of carbonyl (C=O) groups is 3. The molecule has 0 saturated carbocycles. The maximum atomic E-state index is 13.4. The zero-order valence-electron chi connectivity index (χ0n) is 21.5. The van der Waals surface area contributed by atoms with E-state index in [1.165, 1.54) is 6.08 Å². The molecule has 38 heavy (non-hydrogen) atoms. The van der Waals surface area contributed by atoms with Crippen molar-refractivity contribution in [1.82, 2.24) is 10.2 Å². The van der Waals surface area contributed by atoms with Crippen LogP contribution in [0, 0.1) is 0 Å². The fourth-order valence-electron chi connectivity index (χ4n) is 4.39. The van der Waals surface area contributed by atoms with Gasteiger partial charge in [0.2, 0.25) is 5.91 Å². The molecular formula is C31H31N3O4. The van der Waals surface area contributed by atoms with Crippen LogP contribution in [0.3, 0.4) is 0 Å². The average molecular weight is 510 g/mol. The van der Waals surface area contributed by atoms with Crippen LogP contribution < -0.4 is 10.6 Å². The second-order valence-corrected chi connectivity index (χ2v) is 8.74. The zero-order chi connectivity index (χ0) is 26.9. The molecule has 194 valence electrons. The number of amides is 3. The van der Waals surface area contributed by atoms with E-state index in [0.29, 0.717) is 35.5 Å². The van der Waals surface area contributed by atoms with Gasteiger partial charge >= 0.3 is 12.0 Å². The summed E-state index contributed by atoms with van der Waals surface area (Å²) in [6.07, 6.45) is 3.91. The fourth-order valence-corrected chi connectivity index (χ4v) is 4.39. The summed E-state index contributed by atoms with van der Waals surface area (Å²) in [5.41, 5.74) is 3.73. The van der Waals surface area contributed by atoms with E-state index in [4.69, 9.17) is 4.74 Å². The van der Waals surface area contributed by atoms with Crippen LogP contribution in [0.1, 0.15) is 43.0 Å². The highest BCUT2D eigenvalue weighted by atomic mass is 16.5. The standard InChI is InChI=1S/C31H31N3O4/c1-3-20-34-29(23-14-9-6-10-15-23)27(30(36)38-4-2)28(33-31(34)37)24-16-11-17-25(21-24)32-26(35)19-18-22-12-7-5-8-13-22/h5-19,21,28H,3-4,20H2,1-2H3,(H,32,35)(H,33,37)/b19-18+. The Hall–Kier alpha value is -4.65. The summed E-state index contributed by atoms with van der Waals surface area (Å²) in [5.74, 6) is -0.795. The predicted molar refractivity (Wildman–Crippen MR) is 149 cm³/mol. The summed E-state index contributed by atoms with van der Waals surface area (Å²) in [7, 11) is 0. The predicted octanol–water partition coefficient (Wildman–Crippen LogP) is 5.79. The number of nitrogens with zero attached hydrogens (tertiary/aromatic N) is 1. The van der Waals surface area contributed by atoms with Crippen molar-refractivity contribution in [3.8, 4) is 0 Å². The van der Waals surface area contributed by atoms with E-state index in [1.807, 2.05) is 73.7 Å². The highest BCUT2D eigenvalue weighted by molar-refractivity contribution is 6.05. The number of urea groups is 1. The van der Waals surface area contributed by atoms with Gasteiger partial charge in [-0.05, 0) is 48.2 Å². The number of nitrogens with one attached hydrogen (secondary N) is 2. The highest BCUT2D eigenvalue weighted by Gasteiger charge is 2.38. The molecule has 1 aliphatic heterocycles. The van der Waals surface area contributed by atoms with Gasteiger partial charge in [0.1, 0.15) is 0 Å². The van der Waals surface area contributed by atoms with Crippen LogP contribution in [0.4, 0.5) is 10.5 Å². The molecule has 3 amide bonds. The SMILES string of the molecule is CCCN1C(=O)NC(c2cccc(NC(=O)/C=C/c3ccccc3)c2)C(C(=O)OCC)=C1c1ccccc1. The molecule has 0 fully saturated rings. The Morgan fingerprint density at radius 3 is 2.37 bits per heavy atom. The molecule has 1 aliphatic rings. The Morgan fingerprint density at radius 2 is 1.68 bits per heavy atom. The van der Waals surface area contributed by atoms with Gasteiger partial charge in [0.25, 0.3) is 0 Å². The normalized spacial score (nSPS) is 15.4. The molecule has 0 radical (unpaired) electrons. The quantitative estimate of drug-likeness (QED) is 0.282. The number of ether oxygens (including phenoxy) is 1. The molecule has 0 bridgehead atoms. The van der Waals surface area contributed by atoms with Crippen molar-refractivity contribution in [2.45, 2.75) is 26.3 Å². The van der Waals surface area contributed by atoms with Crippen LogP contribution in [-0.2, 0) is 14.3 Å². The molecule has 4 rings (SSSR count). The van der Waals surface area contributed by atoms with Crippen molar-refractivity contribution in [2.24, 2.45) is 0 Å². The third-order valence-corrected chi connectivity index (χ3v) is 6.03. The van der Waals surface area contributed by atoms with Gasteiger partial charge in [-0.2, -0.15) is 0 Å². The topological polar surface area (TPSA) is 87.7 Å². The Kier molecular flexibility index (Phi) is 8.72. The van der Waals surface area contributed by atoms with Crippen LogP contribution >= 0.6 is 0 Å². The van der Waals surface area contributed by atoms with E-state index < -0.39 is 12.0 Å². The number of benzene rings is 3. The summed E-state index contributed by atoms with van der Waals surface area (Å²) in [4.78, 5) is 40.9. The van der Waals surface area contributed by atoms with Gasteiger partial charge in [-0.1, -0.05) is 79.7 Å². The second kappa shape index (κ2) is 12.5. The zero-order valence-corrected chi connectivity index (χ0v) is 21.5. The third-order valence-electron chi connectivity index (χ3n) is 6.03. The molecule has 3 aromatic carbocycles. The Bertz CT molecular complexity index is 1350. The van der Waals surface area contributed by atoms with E-state index in [1.54, 1.807) is 36.1 Å². The molecule has 1 unspecified atom stereocenters. The summed E-state index contributed by atoms with van der Waals surface area (Å²) in [6.45, 7) is 4.36. The molecule has 0 saturated heterocycles. The highest BCUT2D eigenvalue weighted by Crippen LogP contribution is 2.37. The Balaban J connectivity index is 1.72. The number of esters is 1. The molecule has 1 atom stereocenters. The average Bonchev–Trinajstić information content (AvgIpc) is 2.94. The largest absolute Gasteiger partial charge is 0.463 e. The first kappa shape index (κ1) is 26.4. The van der Waals surface area contributed by atoms with E-state index in [9.17, 15) is 14.4 Å². The first-order chi connectivity index (χ1) is 18.5. The number of anilines is 1. The van der Waals surface area contributed by atoms with Gasteiger partial charge < -0.3 is 15.4 Å². The summed E-state index contributed by atoms with van der Waals surface area (Å²) in [5, 5.41) is 5.85. The monoisotopic (exact) mass is 509 g/mol. The van der Waals surface area contributed by atoms with Crippen molar-refractivity contribution in [3.63, 3.8) is 0 Å². The lowest BCUT2D eigenvalue weighted by atomic mass is 9.91. The number of rotatable bonds is 9. The lowest BCUT2D eigenvalue weighted by Crippen LogP contribution is -2.48. The van der Waals surface area contributed by atoms with Gasteiger partial charge in [-0.25, -0.2) is 9.59 Å². The second-order valence-electron chi connectivity index (χ2n) is 8.74. The van der Waals surface area contributed by atoms with Gasteiger partial charge in [0.15, 0.2) is 0 Å². The van der Waals surface area contributed by atoms with Gasteiger partial charge in [-0.3, -0.25) is 9.69 Å². The minimum Gasteiger partial charge on any atom is -0.463 e. The molecule has 0 spiro atoms. The van der Waals surface area contributed by atoms with Crippen LogP contribution in [-0.4, -0.2) is 36.0 Å². The van der Waals surface area contributed by atoms with E-state index in [0.717, 1.165) is 11.1 Å². The van der Waals surface area contributed by atoms with Crippen LogP contribution in [0.5, 0.6) is 0 Å². The van der Waals surface area contributed by atoms with Crippen LogP contribution in [0.25, 0.3) is 11.8 Å². The van der Waals surface area contributed by atoms with Crippen molar-refractivity contribution >= 4 is 35.4 Å². The number of carbonyl (C=O) groups excluding carboxylic acids is 3. The fraction of sp³-hybridized carbons (Fsp3) is 0.194. The number of hydrogen-bond donors (Lipinski definition) is 2. The van der Waals surface area contributed by atoms with Crippen molar-refractivity contribution < 1.29 is 19.1 Å². The molecule has 2 N–H and O–H groups in total. The molecule has 7 nitrogen and oxygen atoms in total. The van der Waals surface area contributed by atoms with Crippen molar-refractivity contribution in [3.05, 3.63) is 113 Å². The van der Waals surface area contributed by atoms with Crippen molar-refractivity contribution in [1.29, 1.82) is 0 Å². The minimum absolute atomic E-state index is 0.197. The van der Waals surface area contributed by atoms with Gasteiger partial charge in [-0.15, -0.1) is 0 Å². The van der Waals surface area contributed by atoms with E-state index in [-0.39, 0.29) is 18.5 Å². The first-order valence-electron chi connectivity index (χ1n) is 12.7. The van der Waals surface area contributed by atoms with Crippen LogP contribution in [0.15, 0.2) is 96.6 Å². The van der Waals surface area contributed by atoms with Gasteiger partial charge in [0.05, 0.1) is 23.9 Å². The first-order valence-corrected chi connectivity index (χ1v) is 12.7. The lowest BCUT2D eigenvalue weighted by Gasteiger charge is -2.37. The molecule has 0 aromatic heterocycles. The van der Waals surface area contributed by atoms with E-state index in [2.05, 4.69) is 10.6 Å². The summed E-state index contributed by atoms with van der Waals surface area (Å²) >= 11 is 0. The lowest BCUT2D eigenvalue weighted by molar-refractivity contribution is -0.139. The Labute approximate surface area is 222 Å². The number of hydrogen-bond acceptors (Lipinski definition) is 4. The Morgan fingerprint density at radius 1 is 0.974 bits per heavy atom. The molecular weight excluding hydrogens is 478 g/mol. The summed E-state index contributed by atoms with van der Waals surface area (Å²) < 4.78 is 5.46. The maximum Gasteiger partial charge on any atom is 0.338 e. The maximum absolute atomic E-state index is 13.4. The molecule has 7 heteroatoms. The van der Waals surface area contributed by atoms with Crippen molar-refractivity contribution in [2.75, 3.05) is 18.5 Å². The van der Waals surface area contributed by atoms with Gasteiger partial charge in [0, 0.05) is 18.3 Å².